The van der Waals surface area contributed by atoms with Gasteiger partial charge in [-0.2, -0.15) is 0 Å². The summed E-state index contributed by atoms with van der Waals surface area (Å²) < 4.78 is 0. The van der Waals surface area contributed by atoms with E-state index in [-0.39, 0.29) is 0 Å². The Morgan fingerprint density at radius 1 is 0.944 bits per heavy atom. The van der Waals surface area contributed by atoms with Gasteiger partial charge in [-0.05, 0) is 43.0 Å². The van der Waals surface area contributed by atoms with E-state index in [1.807, 2.05) is 0 Å². The van der Waals surface area contributed by atoms with Gasteiger partial charge in [0.2, 0.25) is 0 Å². The third-order valence-electron chi connectivity index (χ3n) is 3.48. The molecule has 0 amide bonds. The van der Waals surface area contributed by atoms with Crippen molar-refractivity contribution in [2.45, 2.75) is 33.4 Å². The molecule has 1 atom stereocenters. The number of hydrogen-bond acceptors (Lipinski definition) is 1. The summed E-state index contributed by atoms with van der Waals surface area (Å²) in [5, 5.41) is 3.56. The molecule has 1 nitrogen and oxygen atoms in total. The van der Waals surface area contributed by atoms with Gasteiger partial charge in [-0.3, -0.25) is 0 Å². The molecule has 0 saturated carbocycles. The van der Waals surface area contributed by atoms with Crippen molar-refractivity contribution < 1.29 is 0 Å². The van der Waals surface area contributed by atoms with E-state index in [0.717, 1.165) is 6.54 Å². The van der Waals surface area contributed by atoms with Crippen LogP contribution in [0.5, 0.6) is 0 Å². The Balaban J connectivity index is 1.97. The van der Waals surface area contributed by atoms with E-state index < -0.39 is 0 Å². The minimum absolute atomic E-state index is 0.382. The second-order valence-electron chi connectivity index (χ2n) is 4.93. The van der Waals surface area contributed by atoms with Crippen molar-refractivity contribution in [2.75, 3.05) is 0 Å². The molecule has 0 aliphatic carbocycles. The predicted octanol–water partition coefficient (Wildman–Crippen LogP) is 4.15. The van der Waals surface area contributed by atoms with Gasteiger partial charge in [-0.15, -0.1) is 0 Å². The maximum atomic E-state index is 3.56. The molecule has 2 aromatic rings. The molecule has 0 spiro atoms. The van der Waals surface area contributed by atoms with Crippen LogP contribution in [-0.4, -0.2) is 0 Å². The molecule has 94 valence electrons. The van der Waals surface area contributed by atoms with Crippen molar-refractivity contribution in [3.05, 3.63) is 70.8 Å². The van der Waals surface area contributed by atoms with E-state index in [2.05, 4.69) is 74.6 Å². The molecule has 0 bridgehead atoms. The number of hydrogen-bond donors (Lipinski definition) is 1. The largest absolute Gasteiger partial charge is 0.306 e. The van der Waals surface area contributed by atoms with Crippen molar-refractivity contribution in [1.29, 1.82) is 0 Å². The van der Waals surface area contributed by atoms with Gasteiger partial charge in [0.25, 0.3) is 0 Å². The summed E-state index contributed by atoms with van der Waals surface area (Å²) in [5.74, 6) is 0. The molecule has 0 radical (unpaired) electrons. The second kappa shape index (κ2) is 5.83. The number of nitrogens with one attached hydrogen (secondary N) is 1. The quantitative estimate of drug-likeness (QED) is 0.845. The smallest absolute Gasteiger partial charge is 0.0294 e. The van der Waals surface area contributed by atoms with Crippen LogP contribution in [0.15, 0.2) is 48.5 Å². The van der Waals surface area contributed by atoms with Crippen LogP contribution in [0.2, 0.25) is 0 Å². The molecule has 1 N–H and O–H groups in total. The summed E-state index contributed by atoms with van der Waals surface area (Å²) in [6.07, 6.45) is 0. The van der Waals surface area contributed by atoms with Crippen LogP contribution in [0.1, 0.15) is 35.2 Å². The third kappa shape index (κ3) is 3.21. The highest BCUT2D eigenvalue weighted by Crippen LogP contribution is 2.14. The fraction of sp³-hybridized carbons (Fsp3) is 0.294. The Kier molecular flexibility index (Phi) is 4.16. The van der Waals surface area contributed by atoms with Crippen LogP contribution in [0.25, 0.3) is 0 Å². The molecule has 2 aromatic carbocycles. The first-order valence-corrected chi connectivity index (χ1v) is 6.51. The summed E-state index contributed by atoms with van der Waals surface area (Å²) in [5.41, 5.74) is 5.40. The van der Waals surface area contributed by atoms with E-state index in [1.54, 1.807) is 0 Å². The average molecular weight is 239 g/mol. The van der Waals surface area contributed by atoms with E-state index >= 15 is 0 Å². The second-order valence-corrected chi connectivity index (χ2v) is 4.93. The highest BCUT2D eigenvalue weighted by atomic mass is 14.9. The molecule has 0 aromatic heterocycles. The standard InChI is InChI=1S/C17H21N/c1-13-9-10-16(11-14(13)2)12-18-15(3)17-7-5-4-6-8-17/h4-11,15,18H,12H2,1-3H3. The molecule has 0 aliphatic heterocycles. The number of aryl methyl sites for hydroxylation is 2. The Hall–Kier alpha value is -1.60. The van der Waals surface area contributed by atoms with E-state index in [0.29, 0.717) is 6.04 Å². The zero-order valence-corrected chi connectivity index (χ0v) is 11.4. The molecule has 0 aliphatic rings. The number of rotatable bonds is 4. The van der Waals surface area contributed by atoms with Crippen molar-refractivity contribution in [3.63, 3.8) is 0 Å². The van der Waals surface area contributed by atoms with Gasteiger partial charge in [0.1, 0.15) is 0 Å². The lowest BCUT2D eigenvalue weighted by Crippen LogP contribution is -2.18. The average Bonchev–Trinajstić information content (AvgIpc) is 2.41. The van der Waals surface area contributed by atoms with Crippen molar-refractivity contribution in [3.8, 4) is 0 Å². The lowest BCUT2D eigenvalue weighted by Gasteiger charge is -2.14. The predicted molar refractivity (Wildman–Crippen MR) is 77.6 cm³/mol. The van der Waals surface area contributed by atoms with Crippen LogP contribution >= 0.6 is 0 Å². The lowest BCUT2D eigenvalue weighted by atomic mass is 10.1. The third-order valence-corrected chi connectivity index (χ3v) is 3.48. The molecule has 1 unspecified atom stereocenters. The molecule has 18 heavy (non-hydrogen) atoms. The summed E-state index contributed by atoms with van der Waals surface area (Å²) in [4.78, 5) is 0. The van der Waals surface area contributed by atoms with E-state index in [1.165, 1.54) is 22.3 Å². The van der Waals surface area contributed by atoms with Crippen LogP contribution < -0.4 is 5.32 Å². The van der Waals surface area contributed by atoms with Gasteiger partial charge in [-0.1, -0.05) is 48.5 Å². The molecule has 0 heterocycles. The fourth-order valence-electron chi connectivity index (χ4n) is 2.04. The van der Waals surface area contributed by atoms with Crippen molar-refractivity contribution >= 4 is 0 Å². The maximum absolute atomic E-state index is 3.56. The molecular weight excluding hydrogens is 218 g/mol. The first-order chi connectivity index (χ1) is 8.66. The van der Waals surface area contributed by atoms with Gasteiger partial charge < -0.3 is 5.32 Å². The maximum Gasteiger partial charge on any atom is 0.0294 e. The summed E-state index contributed by atoms with van der Waals surface area (Å²) in [7, 11) is 0. The molecule has 1 heteroatoms. The van der Waals surface area contributed by atoms with Gasteiger partial charge in [0, 0.05) is 12.6 Å². The zero-order chi connectivity index (χ0) is 13.0. The van der Waals surface area contributed by atoms with Gasteiger partial charge in [0.15, 0.2) is 0 Å². The molecular formula is C17H21N. The normalized spacial score (nSPS) is 12.4. The Bertz CT molecular complexity index is 502. The highest BCUT2D eigenvalue weighted by molar-refractivity contribution is 5.30. The van der Waals surface area contributed by atoms with E-state index in [4.69, 9.17) is 0 Å². The minimum atomic E-state index is 0.382. The van der Waals surface area contributed by atoms with Crippen LogP contribution in [0.3, 0.4) is 0 Å². The van der Waals surface area contributed by atoms with Gasteiger partial charge in [0.05, 0.1) is 0 Å². The monoisotopic (exact) mass is 239 g/mol. The first kappa shape index (κ1) is 12.8. The van der Waals surface area contributed by atoms with Crippen LogP contribution in [0.4, 0.5) is 0 Å². The fourth-order valence-corrected chi connectivity index (χ4v) is 2.04. The van der Waals surface area contributed by atoms with Crippen molar-refractivity contribution in [1.82, 2.24) is 5.32 Å². The Labute approximate surface area is 110 Å². The van der Waals surface area contributed by atoms with Gasteiger partial charge in [-0.25, -0.2) is 0 Å². The minimum Gasteiger partial charge on any atom is -0.306 e. The Morgan fingerprint density at radius 2 is 1.67 bits per heavy atom. The molecule has 2 rings (SSSR count). The molecule has 0 fully saturated rings. The lowest BCUT2D eigenvalue weighted by molar-refractivity contribution is 0.574. The summed E-state index contributed by atoms with van der Waals surface area (Å²) in [6.45, 7) is 7.44. The Morgan fingerprint density at radius 3 is 2.33 bits per heavy atom. The summed E-state index contributed by atoms with van der Waals surface area (Å²) >= 11 is 0. The first-order valence-electron chi connectivity index (χ1n) is 6.51. The van der Waals surface area contributed by atoms with Gasteiger partial charge >= 0.3 is 0 Å². The topological polar surface area (TPSA) is 12.0 Å². The summed E-state index contributed by atoms with van der Waals surface area (Å²) in [6, 6.07) is 17.6. The van der Waals surface area contributed by atoms with E-state index in [9.17, 15) is 0 Å². The SMILES string of the molecule is Cc1ccc(CNC(C)c2ccccc2)cc1C. The zero-order valence-electron chi connectivity index (χ0n) is 11.4. The highest BCUT2D eigenvalue weighted by Gasteiger charge is 2.04. The molecule has 0 saturated heterocycles. The number of benzene rings is 2. The van der Waals surface area contributed by atoms with Crippen LogP contribution in [-0.2, 0) is 6.54 Å². The van der Waals surface area contributed by atoms with Crippen LogP contribution in [0, 0.1) is 13.8 Å². The van der Waals surface area contributed by atoms with Crippen molar-refractivity contribution in [2.24, 2.45) is 0 Å².